The molecule has 6 heteroatoms. The summed E-state index contributed by atoms with van der Waals surface area (Å²) < 4.78 is 5.68. The fourth-order valence-corrected chi connectivity index (χ4v) is 4.22. The molecule has 0 radical (unpaired) electrons. The molecule has 3 aromatic rings. The van der Waals surface area contributed by atoms with Gasteiger partial charge in [-0.3, -0.25) is 4.79 Å². The molecule has 2 N–H and O–H groups in total. The monoisotopic (exact) mass is 375 g/mol. The lowest BCUT2D eigenvalue weighted by atomic mass is 9.91. The Balaban J connectivity index is 1.49. The van der Waals surface area contributed by atoms with Crippen molar-refractivity contribution in [3.8, 4) is 11.5 Å². The number of rotatable bonds is 1. The molecule has 3 aromatic carbocycles. The summed E-state index contributed by atoms with van der Waals surface area (Å²) in [4.78, 5) is 26.9. The lowest BCUT2D eigenvalue weighted by molar-refractivity contribution is -0.00308. The summed E-state index contributed by atoms with van der Waals surface area (Å²) >= 11 is 0. The van der Waals surface area contributed by atoms with Crippen LogP contribution in [0.5, 0.6) is 11.5 Å². The summed E-state index contributed by atoms with van der Waals surface area (Å²) in [7, 11) is 0. The Bertz CT molecular complexity index is 1150. The number of carbonyl (C=O) groups is 2. The maximum atomic E-state index is 13.1. The number of likely N-dealkylation sites (tertiary alicyclic amines) is 1. The Kier molecular flexibility index (Phi) is 3.40. The first kappa shape index (κ1) is 16.6. The molecule has 140 valence electrons. The zero-order chi connectivity index (χ0) is 19.5. The van der Waals surface area contributed by atoms with E-state index in [1.165, 1.54) is 12.1 Å². The van der Waals surface area contributed by atoms with Gasteiger partial charge < -0.3 is 19.8 Å². The number of hydrogen-bond acceptors (Lipinski definition) is 5. The van der Waals surface area contributed by atoms with Crippen molar-refractivity contribution in [3.63, 3.8) is 0 Å². The van der Waals surface area contributed by atoms with Crippen LogP contribution in [0.3, 0.4) is 0 Å². The summed E-state index contributed by atoms with van der Waals surface area (Å²) in [5.74, 6) is -0.729. The van der Waals surface area contributed by atoms with Crippen LogP contribution in [0.25, 0.3) is 10.8 Å². The molecule has 0 aromatic heterocycles. The standard InChI is InChI=1S/C22H17NO5/c24-15-6-5-13-11-19(25)17(10-14(13)9-15)20(26)23-8-7-22(12-23)18-4-2-1-3-16(18)21(27)28-22/h1-6,9-11,24-25H,7-8,12H2. The van der Waals surface area contributed by atoms with Gasteiger partial charge in [0.2, 0.25) is 0 Å². The molecule has 2 aliphatic heterocycles. The van der Waals surface area contributed by atoms with E-state index in [1.807, 2.05) is 12.1 Å². The minimum absolute atomic E-state index is 0.0891. The van der Waals surface area contributed by atoms with Crippen LogP contribution < -0.4 is 0 Å². The molecule has 1 saturated heterocycles. The molecule has 0 aliphatic carbocycles. The molecule has 1 atom stereocenters. The van der Waals surface area contributed by atoms with E-state index in [0.717, 1.165) is 10.9 Å². The normalized spacial score (nSPS) is 20.6. The molecule has 6 nitrogen and oxygen atoms in total. The second kappa shape index (κ2) is 5.73. The number of carbonyl (C=O) groups excluding carboxylic acids is 2. The number of nitrogens with zero attached hydrogens (tertiary/aromatic N) is 1. The largest absolute Gasteiger partial charge is 0.508 e. The Morgan fingerprint density at radius 2 is 1.86 bits per heavy atom. The molecule has 1 amide bonds. The second-order valence-electron chi connectivity index (χ2n) is 7.31. The van der Waals surface area contributed by atoms with Gasteiger partial charge in [0, 0.05) is 18.5 Å². The number of ether oxygens (including phenoxy) is 1. The van der Waals surface area contributed by atoms with E-state index in [1.54, 1.807) is 35.2 Å². The van der Waals surface area contributed by atoms with Crippen molar-refractivity contribution in [2.24, 2.45) is 0 Å². The third-order valence-corrected chi connectivity index (χ3v) is 5.61. The highest BCUT2D eigenvalue weighted by Gasteiger charge is 2.51. The number of hydrogen-bond donors (Lipinski definition) is 2. The number of phenolic OH excluding ortho intramolecular Hbond substituents is 2. The molecule has 28 heavy (non-hydrogen) atoms. The van der Waals surface area contributed by atoms with E-state index in [4.69, 9.17) is 4.74 Å². The number of amides is 1. The highest BCUT2D eigenvalue weighted by molar-refractivity contribution is 6.02. The molecule has 0 bridgehead atoms. The van der Waals surface area contributed by atoms with Crippen LogP contribution >= 0.6 is 0 Å². The van der Waals surface area contributed by atoms with Crippen molar-refractivity contribution in [2.45, 2.75) is 12.0 Å². The van der Waals surface area contributed by atoms with Crippen LogP contribution in [0.2, 0.25) is 0 Å². The minimum Gasteiger partial charge on any atom is -0.508 e. The molecule has 1 spiro atoms. The molecule has 1 fully saturated rings. The Morgan fingerprint density at radius 1 is 1.04 bits per heavy atom. The maximum Gasteiger partial charge on any atom is 0.339 e. The summed E-state index contributed by atoms with van der Waals surface area (Å²) in [6.07, 6.45) is 0.511. The quantitative estimate of drug-likeness (QED) is 0.638. The second-order valence-corrected chi connectivity index (χ2v) is 7.31. The van der Waals surface area contributed by atoms with Gasteiger partial charge in [0.15, 0.2) is 5.60 Å². The first-order valence-electron chi connectivity index (χ1n) is 9.05. The van der Waals surface area contributed by atoms with Gasteiger partial charge in [-0.05, 0) is 41.1 Å². The number of esters is 1. The van der Waals surface area contributed by atoms with Gasteiger partial charge >= 0.3 is 5.97 Å². The van der Waals surface area contributed by atoms with Gasteiger partial charge in [-0.1, -0.05) is 24.3 Å². The van der Waals surface area contributed by atoms with Crippen LogP contribution in [0, 0.1) is 0 Å². The van der Waals surface area contributed by atoms with Crippen molar-refractivity contribution >= 4 is 22.6 Å². The van der Waals surface area contributed by atoms with Gasteiger partial charge in [-0.2, -0.15) is 0 Å². The number of phenols is 2. The molecule has 1 unspecified atom stereocenters. The van der Waals surface area contributed by atoms with E-state index >= 15 is 0 Å². The zero-order valence-corrected chi connectivity index (χ0v) is 14.9. The van der Waals surface area contributed by atoms with Crippen LogP contribution in [0.15, 0.2) is 54.6 Å². The smallest absolute Gasteiger partial charge is 0.339 e. The van der Waals surface area contributed by atoms with Crippen LogP contribution in [0.1, 0.15) is 32.7 Å². The minimum atomic E-state index is -0.825. The predicted molar refractivity (Wildman–Crippen MR) is 101 cm³/mol. The first-order chi connectivity index (χ1) is 13.5. The summed E-state index contributed by atoms with van der Waals surface area (Å²) in [5.41, 5.74) is 0.685. The summed E-state index contributed by atoms with van der Waals surface area (Å²) in [6, 6.07) is 15.1. The lowest BCUT2D eigenvalue weighted by Crippen LogP contribution is -2.34. The van der Waals surface area contributed by atoms with Crippen molar-refractivity contribution in [1.82, 2.24) is 4.90 Å². The van der Waals surface area contributed by atoms with Crippen LogP contribution in [0.4, 0.5) is 0 Å². The highest BCUT2D eigenvalue weighted by atomic mass is 16.6. The van der Waals surface area contributed by atoms with E-state index in [-0.39, 0.29) is 35.5 Å². The first-order valence-corrected chi connectivity index (χ1v) is 9.05. The lowest BCUT2D eigenvalue weighted by Gasteiger charge is -2.24. The third kappa shape index (κ3) is 2.34. The zero-order valence-electron chi connectivity index (χ0n) is 14.9. The third-order valence-electron chi connectivity index (χ3n) is 5.61. The maximum absolute atomic E-state index is 13.1. The van der Waals surface area contributed by atoms with Crippen molar-refractivity contribution in [2.75, 3.05) is 13.1 Å². The molecule has 5 rings (SSSR count). The summed E-state index contributed by atoms with van der Waals surface area (Å²) in [6.45, 7) is 0.657. The molecular formula is C22H17NO5. The topological polar surface area (TPSA) is 87.1 Å². The van der Waals surface area contributed by atoms with Crippen LogP contribution in [-0.4, -0.2) is 40.1 Å². The van der Waals surface area contributed by atoms with E-state index in [2.05, 4.69) is 0 Å². The van der Waals surface area contributed by atoms with E-state index < -0.39 is 5.60 Å². The Labute approximate surface area is 160 Å². The SMILES string of the molecule is O=C1OC2(CCN(C(=O)c3cc4cc(O)ccc4cc3O)C2)c2ccccc21. The molecule has 0 saturated carbocycles. The van der Waals surface area contributed by atoms with Gasteiger partial charge in [0.05, 0.1) is 17.7 Å². The Hall–Kier alpha value is -3.54. The van der Waals surface area contributed by atoms with Crippen molar-refractivity contribution in [1.29, 1.82) is 0 Å². The highest BCUT2D eigenvalue weighted by Crippen LogP contribution is 2.44. The van der Waals surface area contributed by atoms with E-state index in [0.29, 0.717) is 23.9 Å². The van der Waals surface area contributed by atoms with Gasteiger partial charge in [-0.25, -0.2) is 4.79 Å². The summed E-state index contributed by atoms with van der Waals surface area (Å²) in [5, 5.41) is 21.4. The van der Waals surface area contributed by atoms with E-state index in [9.17, 15) is 19.8 Å². The van der Waals surface area contributed by atoms with Gasteiger partial charge in [-0.15, -0.1) is 0 Å². The van der Waals surface area contributed by atoms with Gasteiger partial charge in [0.1, 0.15) is 11.5 Å². The van der Waals surface area contributed by atoms with Crippen molar-refractivity contribution < 1.29 is 24.5 Å². The number of benzene rings is 3. The molecular weight excluding hydrogens is 358 g/mol. The van der Waals surface area contributed by atoms with Crippen molar-refractivity contribution in [3.05, 3.63) is 71.3 Å². The number of aromatic hydroxyl groups is 2. The number of fused-ring (bicyclic) bond motifs is 3. The van der Waals surface area contributed by atoms with Gasteiger partial charge in [0.25, 0.3) is 5.91 Å². The fourth-order valence-electron chi connectivity index (χ4n) is 4.22. The average molecular weight is 375 g/mol. The fraction of sp³-hybridized carbons (Fsp3) is 0.182. The Morgan fingerprint density at radius 3 is 2.71 bits per heavy atom. The molecule has 2 aliphatic rings. The average Bonchev–Trinajstić information content (AvgIpc) is 3.23. The predicted octanol–water partition coefficient (Wildman–Crippen LogP) is 3.16. The van der Waals surface area contributed by atoms with Crippen LogP contribution in [-0.2, 0) is 10.3 Å². The molecule has 2 heterocycles.